The van der Waals surface area contributed by atoms with Crippen LogP contribution >= 0.6 is 12.2 Å². The van der Waals surface area contributed by atoms with Crippen LogP contribution in [0.4, 0.5) is 17.1 Å². The van der Waals surface area contributed by atoms with Crippen molar-refractivity contribution in [1.82, 2.24) is 0 Å². The van der Waals surface area contributed by atoms with Gasteiger partial charge in [-0.05, 0) is 55.4 Å². The van der Waals surface area contributed by atoms with Gasteiger partial charge in [0, 0.05) is 11.8 Å². The average molecular weight is 301 g/mol. The molecule has 2 N–H and O–H groups in total. The van der Waals surface area contributed by atoms with E-state index in [1.807, 2.05) is 44.2 Å². The van der Waals surface area contributed by atoms with Gasteiger partial charge in [-0.2, -0.15) is 0 Å². The van der Waals surface area contributed by atoms with E-state index >= 15 is 0 Å². The number of hydrogen-bond donors (Lipinski definition) is 2. The first-order chi connectivity index (χ1) is 9.97. The molecule has 0 amide bonds. The average Bonchev–Trinajstić information content (AvgIpc) is 2.43. The molecule has 6 heteroatoms. The summed E-state index contributed by atoms with van der Waals surface area (Å²) in [5, 5.41) is 17.3. The third-order valence-electron chi connectivity index (χ3n) is 3.09. The number of para-hydroxylation sites is 1. The first-order valence-corrected chi connectivity index (χ1v) is 6.77. The second-order valence-corrected chi connectivity index (χ2v) is 5.06. The predicted octanol–water partition coefficient (Wildman–Crippen LogP) is 4.02. The van der Waals surface area contributed by atoms with Crippen LogP contribution in [0.15, 0.2) is 42.5 Å². The maximum Gasteiger partial charge on any atom is 0.293 e. The summed E-state index contributed by atoms with van der Waals surface area (Å²) in [4.78, 5) is 10.7. The van der Waals surface area contributed by atoms with Crippen molar-refractivity contribution in [2.45, 2.75) is 13.8 Å². The van der Waals surface area contributed by atoms with E-state index in [-0.39, 0.29) is 5.69 Å². The third kappa shape index (κ3) is 3.76. The van der Waals surface area contributed by atoms with Gasteiger partial charge in [-0.25, -0.2) is 0 Å². The number of rotatable bonds is 3. The zero-order chi connectivity index (χ0) is 15.4. The fourth-order valence-electron chi connectivity index (χ4n) is 1.86. The van der Waals surface area contributed by atoms with Crippen LogP contribution in [0.5, 0.6) is 0 Å². The zero-order valence-corrected chi connectivity index (χ0v) is 12.5. The summed E-state index contributed by atoms with van der Waals surface area (Å²) in [7, 11) is 0. The van der Waals surface area contributed by atoms with E-state index in [0.29, 0.717) is 10.8 Å². The van der Waals surface area contributed by atoms with Crippen LogP contribution in [0.3, 0.4) is 0 Å². The SMILES string of the molecule is Cc1cc(NC(=S)Nc2ccccc2)c([N+](=O)[O-])cc1C. The monoisotopic (exact) mass is 301 g/mol. The van der Waals surface area contributed by atoms with Gasteiger partial charge in [0.2, 0.25) is 0 Å². The molecular weight excluding hydrogens is 286 g/mol. The van der Waals surface area contributed by atoms with Crippen LogP contribution in [0.2, 0.25) is 0 Å². The molecule has 21 heavy (non-hydrogen) atoms. The largest absolute Gasteiger partial charge is 0.332 e. The molecule has 0 heterocycles. The molecule has 0 atom stereocenters. The molecular formula is C15H15N3O2S. The number of hydrogen-bond acceptors (Lipinski definition) is 3. The van der Waals surface area contributed by atoms with Crippen molar-refractivity contribution in [3.8, 4) is 0 Å². The molecule has 0 bridgehead atoms. The van der Waals surface area contributed by atoms with Crippen LogP contribution in [0.25, 0.3) is 0 Å². The lowest BCUT2D eigenvalue weighted by Crippen LogP contribution is -2.19. The maximum atomic E-state index is 11.1. The number of anilines is 2. The van der Waals surface area contributed by atoms with Crippen LogP contribution < -0.4 is 10.6 Å². The Morgan fingerprint density at radius 2 is 1.71 bits per heavy atom. The highest BCUT2D eigenvalue weighted by Crippen LogP contribution is 2.28. The van der Waals surface area contributed by atoms with Crippen molar-refractivity contribution >= 4 is 34.4 Å². The quantitative estimate of drug-likeness (QED) is 0.509. The first-order valence-electron chi connectivity index (χ1n) is 6.36. The standard InChI is InChI=1S/C15H15N3O2S/c1-10-8-13(14(18(19)20)9-11(10)2)17-15(21)16-12-6-4-3-5-7-12/h3-9H,1-2H3,(H2,16,17,21). The van der Waals surface area contributed by atoms with E-state index in [1.54, 1.807) is 12.1 Å². The van der Waals surface area contributed by atoms with Gasteiger partial charge in [-0.15, -0.1) is 0 Å². The van der Waals surface area contributed by atoms with Gasteiger partial charge in [0.05, 0.1) is 4.92 Å². The Hall–Kier alpha value is -2.47. The van der Waals surface area contributed by atoms with Crippen molar-refractivity contribution < 1.29 is 4.92 Å². The maximum absolute atomic E-state index is 11.1. The second-order valence-electron chi connectivity index (χ2n) is 4.66. The van der Waals surface area contributed by atoms with E-state index in [9.17, 15) is 10.1 Å². The molecule has 2 aromatic rings. The molecule has 0 unspecified atom stereocenters. The van der Waals surface area contributed by atoms with Crippen molar-refractivity contribution in [2.75, 3.05) is 10.6 Å². The minimum atomic E-state index is -0.417. The zero-order valence-electron chi connectivity index (χ0n) is 11.7. The van der Waals surface area contributed by atoms with Gasteiger partial charge in [0.25, 0.3) is 5.69 Å². The molecule has 0 aromatic heterocycles. The molecule has 2 rings (SSSR count). The van der Waals surface area contributed by atoms with Gasteiger partial charge in [0.1, 0.15) is 5.69 Å². The number of nitro groups is 1. The smallest absolute Gasteiger partial charge is 0.293 e. The van der Waals surface area contributed by atoms with Crippen LogP contribution in [-0.2, 0) is 0 Å². The molecule has 2 aromatic carbocycles. The van der Waals surface area contributed by atoms with E-state index in [4.69, 9.17) is 12.2 Å². The number of nitro benzene ring substituents is 1. The van der Waals surface area contributed by atoms with Crippen LogP contribution in [0.1, 0.15) is 11.1 Å². The molecule has 0 aliphatic rings. The highest BCUT2D eigenvalue weighted by atomic mass is 32.1. The molecule has 0 radical (unpaired) electrons. The molecule has 108 valence electrons. The predicted molar refractivity (Wildman–Crippen MR) is 88.9 cm³/mol. The minimum absolute atomic E-state index is 0.00955. The molecule has 0 saturated heterocycles. The Morgan fingerprint density at radius 3 is 2.33 bits per heavy atom. The Kier molecular flexibility index (Phi) is 4.49. The Labute approximate surface area is 128 Å². The van der Waals surface area contributed by atoms with Crippen molar-refractivity contribution in [1.29, 1.82) is 0 Å². The third-order valence-corrected chi connectivity index (χ3v) is 3.29. The Morgan fingerprint density at radius 1 is 1.10 bits per heavy atom. The molecule has 0 aliphatic carbocycles. The summed E-state index contributed by atoms with van der Waals surface area (Å²) in [6, 6.07) is 12.7. The lowest BCUT2D eigenvalue weighted by molar-refractivity contribution is -0.384. The summed E-state index contributed by atoms with van der Waals surface area (Å²) in [5.74, 6) is 0. The van der Waals surface area contributed by atoms with Gasteiger partial charge >= 0.3 is 0 Å². The molecule has 0 fully saturated rings. The minimum Gasteiger partial charge on any atom is -0.332 e. The fourth-order valence-corrected chi connectivity index (χ4v) is 2.09. The number of benzene rings is 2. The number of thiocarbonyl (C=S) groups is 1. The van der Waals surface area contributed by atoms with Crippen molar-refractivity contribution in [3.63, 3.8) is 0 Å². The highest BCUT2D eigenvalue weighted by Gasteiger charge is 2.16. The van der Waals surface area contributed by atoms with Gasteiger partial charge in [-0.1, -0.05) is 18.2 Å². The number of aryl methyl sites for hydroxylation is 2. The highest BCUT2D eigenvalue weighted by molar-refractivity contribution is 7.80. The van der Waals surface area contributed by atoms with E-state index < -0.39 is 4.92 Å². The Bertz CT molecular complexity index is 687. The van der Waals surface area contributed by atoms with Crippen molar-refractivity contribution in [2.24, 2.45) is 0 Å². The molecule has 0 aliphatic heterocycles. The molecule has 0 spiro atoms. The summed E-state index contributed by atoms with van der Waals surface area (Å²) in [6.07, 6.45) is 0. The lowest BCUT2D eigenvalue weighted by Gasteiger charge is -2.12. The van der Waals surface area contributed by atoms with E-state index in [2.05, 4.69) is 10.6 Å². The Balaban J connectivity index is 2.21. The summed E-state index contributed by atoms with van der Waals surface area (Å²) in [5.41, 5.74) is 3.05. The fraction of sp³-hybridized carbons (Fsp3) is 0.133. The van der Waals surface area contributed by atoms with Gasteiger partial charge in [-0.3, -0.25) is 10.1 Å². The van der Waals surface area contributed by atoms with Crippen LogP contribution in [0, 0.1) is 24.0 Å². The van der Waals surface area contributed by atoms with E-state index in [1.165, 1.54) is 0 Å². The summed E-state index contributed by atoms with van der Waals surface area (Å²) >= 11 is 5.20. The van der Waals surface area contributed by atoms with Crippen molar-refractivity contribution in [3.05, 3.63) is 63.7 Å². The number of nitrogens with zero attached hydrogens (tertiary/aromatic N) is 1. The molecule has 5 nitrogen and oxygen atoms in total. The van der Waals surface area contributed by atoms with E-state index in [0.717, 1.165) is 16.8 Å². The van der Waals surface area contributed by atoms with Gasteiger partial charge in [0.15, 0.2) is 5.11 Å². The molecule has 0 saturated carbocycles. The first kappa shape index (κ1) is 14.9. The van der Waals surface area contributed by atoms with Gasteiger partial charge < -0.3 is 10.6 Å². The van der Waals surface area contributed by atoms with Crippen LogP contribution in [-0.4, -0.2) is 10.0 Å². The summed E-state index contributed by atoms with van der Waals surface area (Å²) in [6.45, 7) is 3.74. The normalized spacial score (nSPS) is 10.0. The topological polar surface area (TPSA) is 67.2 Å². The lowest BCUT2D eigenvalue weighted by atomic mass is 10.1. The summed E-state index contributed by atoms with van der Waals surface area (Å²) < 4.78 is 0. The second kappa shape index (κ2) is 6.32. The number of nitrogens with one attached hydrogen (secondary N) is 2.